The third-order valence-electron chi connectivity index (χ3n) is 3.67. The molecule has 0 fully saturated rings. The summed E-state index contributed by atoms with van der Waals surface area (Å²) in [7, 11) is 0. The molecular weight excluding hydrogens is 305 g/mol. The molecule has 0 spiro atoms. The molecule has 1 heterocycles. The van der Waals surface area contributed by atoms with E-state index in [1.807, 2.05) is 48.2 Å². The second kappa shape index (κ2) is 5.58. The number of hydrogen-bond donors (Lipinski definition) is 1. The minimum atomic E-state index is 0.0595. The Labute approximate surface area is 134 Å². The summed E-state index contributed by atoms with van der Waals surface area (Å²) < 4.78 is 0. The van der Waals surface area contributed by atoms with Gasteiger partial charge in [-0.05, 0) is 48.4 Å². The Bertz CT molecular complexity index is 695. The van der Waals surface area contributed by atoms with Crippen LogP contribution in [0.5, 0.6) is 0 Å². The molecule has 1 atom stereocenters. The molecule has 2 aromatic rings. The normalized spacial score (nSPS) is 18.0. The minimum absolute atomic E-state index is 0.0595. The summed E-state index contributed by atoms with van der Waals surface area (Å²) in [5.41, 5.74) is 9.19. The van der Waals surface area contributed by atoms with Crippen molar-refractivity contribution in [3.05, 3.63) is 63.6 Å². The van der Waals surface area contributed by atoms with E-state index in [9.17, 15) is 0 Å². The van der Waals surface area contributed by atoms with Crippen LogP contribution in [0.15, 0.2) is 47.5 Å². The summed E-state index contributed by atoms with van der Waals surface area (Å²) in [5, 5.41) is 1.46. The van der Waals surface area contributed by atoms with Gasteiger partial charge < -0.3 is 10.6 Å². The number of rotatable bonds is 2. The van der Waals surface area contributed by atoms with E-state index in [2.05, 4.69) is 11.1 Å². The molecule has 3 rings (SSSR count). The van der Waals surface area contributed by atoms with Crippen molar-refractivity contribution in [1.29, 1.82) is 0 Å². The van der Waals surface area contributed by atoms with E-state index in [0.29, 0.717) is 17.5 Å². The van der Waals surface area contributed by atoms with Crippen molar-refractivity contribution in [2.24, 2.45) is 10.7 Å². The summed E-state index contributed by atoms with van der Waals surface area (Å²) in [4.78, 5) is 6.38. The lowest BCUT2D eigenvalue weighted by Gasteiger charge is -2.27. The Morgan fingerprint density at radius 2 is 1.86 bits per heavy atom. The monoisotopic (exact) mass is 319 g/mol. The van der Waals surface area contributed by atoms with Crippen molar-refractivity contribution in [3.8, 4) is 0 Å². The standard InChI is InChI=1S/C16H15Cl2N3/c1-10-2-3-11(8-14(10)18)15-9-20-16(19)21(15)13-6-4-12(17)5-7-13/h2-8,15H,9H2,1H3,(H2,19,20). The number of nitrogens with zero attached hydrogens (tertiary/aromatic N) is 2. The van der Waals surface area contributed by atoms with Crippen molar-refractivity contribution >= 4 is 34.8 Å². The molecule has 2 aromatic carbocycles. The molecule has 21 heavy (non-hydrogen) atoms. The Morgan fingerprint density at radius 3 is 2.52 bits per heavy atom. The SMILES string of the molecule is Cc1ccc(C2CN=C(N)N2c2ccc(Cl)cc2)cc1Cl. The number of hydrogen-bond acceptors (Lipinski definition) is 3. The van der Waals surface area contributed by atoms with E-state index < -0.39 is 0 Å². The molecule has 0 radical (unpaired) electrons. The largest absolute Gasteiger partial charge is 0.369 e. The fraction of sp³-hybridized carbons (Fsp3) is 0.188. The highest BCUT2D eigenvalue weighted by atomic mass is 35.5. The molecule has 2 N–H and O–H groups in total. The first-order chi connectivity index (χ1) is 10.1. The van der Waals surface area contributed by atoms with E-state index in [4.69, 9.17) is 28.9 Å². The lowest BCUT2D eigenvalue weighted by atomic mass is 10.0. The van der Waals surface area contributed by atoms with Gasteiger partial charge in [0.25, 0.3) is 0 Å². The van der Waals surface area contributed by atoms with Crippen LogP contribution in [0.1, 0.15) is 17.2 Å². The van der Waals surface area contributed by atoms with Crippen molar-refractivity contribution in [3.63, 3.8) is 0 Å². The van der Waals surface area contributed by atoms with Crippen LogP contribution in [0, 0.1) is 6.92 Å². The lowest BCUT2D eigenvalue weighted by molar-refractivity contribution is 0.768. The molecular formula is C16H15Cl2N3. The molecule has 1 aliphatic rings. The molecule has 3 nitrogen and oxygen atoms in total. The number of nitrogens with two attached hydrogens (primary N) is 1. The van der Waals surface area contributed by atoms with Crippen LogP contribution in [0.3, 0.4) is 0 Å². The van der Waals surface area contributed by atoms with Gasteiger partial charge in [-0.2, -0.15) is 0 Å². The van der Waals surface area contributed by atoms with Crippen LogP contribution in [-0.2, 0) is 0 Å². The first-order valence-electron chi connectivity index (χ1n) is 6.67. The van der Waals surface area contributed by atoms with Gasteiger partial charge in [-0.1, -0.05) is 35.3 Å². The van der Waals surface area contributed by atoms with Gasteiger partial charge in [0.2, 0.25) is 0 Å². The van der Waals surface area contributed by atoms with Crippen LogP contribution in [0.2, 0.25) is 10.0 Å². The molecule has 108 valence electrons. The highest BCUT2D eigenvalue weighted by Crippen LogP contribution is 2.33. The molecule has 1 aliphatic heterocycles. The lowest BCUT2D eigenvalue weighted by Crippen LogP contribution is -2.36. The molecule has 1 unspecified atom stereocenters. The zero-order chi connectivity index (χ0) is 15.0. The summed E-state index contributed by atoms with van der Waals surface area (Å²) in [6.45, 7) is 2.61. The maximum Gasteiger partial charge on any atom is 0.196 e. The fourth-order valence-corrected chi connectivity index (χ4v) is 2.80. The summed E-state index contributed by atoms with van der Waals surface area (Å²) in [6, 6.07) is 13.7. The van der Waals surface area contributed by atoms with Gasteiger partial charge in [0.1, 0.15) is 0 Å². The predicted molar refractivity (Wildman–Crippen MR) is 89.4 cm³/mol. The zero-order valence-electron chi connectivity index (χ0n) is 11.6. The number of benzene rings is 2. The molecule has 0 aliphatic carbocycles. The van der Waals surface area contributed by atoms with Crippen molar-refractivity contribution in [2.75, 3.05) is 11.4 Å². The van der Waals surface area contributed by atoms with Gasteiger partial charge >= 0.3 is 0 Å². The van der Waals surface area contributed by atoms with E-state index in [1.54, 1.807) is 0 Å². The topological polar surface area (TPSA) is 41.6 Å². The average molecular weight is 320 g/mol. The first-order valence-corrected chi connectivity index (χ1v) is 7.42. The van der Waals surface area contributed by atoms with Crippen LogP contribution in [-0.4, -0.2) is 12.5 Å². The second-order valence-electron chi connectivity index (χ2n) is 5.07. The van der Waals surface area contributed by atoms with E-state index >= 15 is 0 Å². The summed E-state index contributed by atoms with van der Waals surface area (Å²) in [5.74, 6) is 0.513. The second-order valence-corrected chi connectivity index (χ2v) is 5.91. The predicted octanol–water partition coefficient (Wildman–Crippen LogP) is 4.18. The fourth-order valence-electron chi connectivity index (χ4n) is 2.48. The number of guanidine groups is 1. The van der Waals surface area contributed by atoms with Gasteiger partial charge in [0.15, 0.2) is 5.96 Å². The molecule has 0 saturated carbocycles. The van der Waals surface area contributed by atoms with Gasteiger partial charge in [-0.15, -0.1) is 0 Å². The van der Waals surface area contributed by atoms with Crippen molar-refractivity contribution < 1.29 is 0 Å². The number of anilines is 1. The molecule has 0 bridgehead atoms. The minimum Gasteiger partial charge on any atom is -0.369 e. The van der Waals surface area contributed by atoms with Crippen LogP contribution >= 0.6 is 23.2 Å². The maximum atomic E-state index is 6.24. The van der Waals surface area contributed by atoms with E-state index in [0.717, 1.165) is 21.8 Å². The third-order valence-corrected chi connectivity index (χ3v) is 4.33. The van der Waals surface area contributed by atoms with E-state index in [1.165, 1.54) is 0 Å². The Balaban J connectivity index is 1.98. The van der Waals surface area contributed by atoms with E-state index in [-0.39, 0.29) is 6.04 Å². The van der Waals surface area contributed by atoms with Crippen LogP contribution < -0.4 is 10.6 Å². The van der Waals surface area contributed by atoms with Crippen molar-refractivity contribution in [2.45, 2.75) is 13.0 Å². The Kier molecular flexibility index (Phi) is 3.79. The summed E-state index contributed by atoms with van der Waals surface area (Å²) >= 11 is 12.2. The smallest absolute Gasteiger partial charge is 0.196 e. The zero-order valence-corrected chi connectivity index (χ0v) is 13.1. The third kappa shape index (κ3) is 2.71. The van der Waals surface area contributed by atoms with Crippen LogP contribution in [0.4, 0.5) is 5.69 Å². The van der Waals surface area contributed by atoms with Gasteiger partial charge in [-0.3, -0.25) is 4.99 Å². The van der Waals surface area contributed by atoms with Gasteiger partial charge in [0.05, 0.1) is 12.6 Å². The first kappa shape index (κ1) is 14.2. The van der Waals surface area contributed by atoms with Gasteiger partial charge in [-0.25, -0.2) is 0 Å². The number of aryl methyl sites for hydroxylation is 1. The maximum absolute atomic E-state index is 6.24. The van der Waals surface area contributed by atoms with Crippen molar-refractivity contribution in [1.82, 2.24) is 0 Å². The highest BCUT2D eigenvalue weighted by molar-refractivity contribution is 6.31. The van der Waals surface area contributed by atoms with Crippen LogP contribution in [0.25, 0.3) is 0 Å². The molecule has 5 heteroatoms. The molecule has 0 saturated heterocycles. The Hall–Kier alpha value is -1.71. The molecule has 0 amide bonds. The number of aliphatic imine (C=N–C) groups is 1. The number of halogens is 2. The quantitative estimate of drug-likeness (QED) is 0.902. The highest BCUT2D eigenvalue weighted by Gasteiger charge is 2.29. The summed E-state index contributed by atoms with van der Waals surface area (Å²) in [6.07, 6.45) is 0. The van der Waals surface area contributed by atoms with Gasteiger partial charge in [0, 0.05) is 15.7 Å². The molecule has 0 aromatic heterocycles. The average Bonchev–Trinajstić information content (AvgIpc) is 2.85. The Morgan fingerprint density at radius 1 is 1.14 bits per heavy atom.